The highest BCUT2D eigenvalue weighted by Gasteiger charge is 2.40. The molecule has 3 aromatic carbocycles. The van der Waals surface area contributed by atoms with Crippen molar-refractivity contribution in [1.29, 1.82) is 0 Å². The highest BCUT2D eigenvalue weighted by atomic mass is 32.2. The molecule has 6 nitrogen and oxygen atoms in total. The number of guanidine groups is 1. The number of rotatable bonds is 5. The Hall–Kier alpha value is -3.94. The van der Waals surface area contributed by atoms with Crippen LogP contribution in [0.25, 0.3) is 0 Å². The van der Waals surface area contributed by atoms with E-state index in [4.69, 9.17) is 4.74 Å². The van der Waals surface area contributed by atoms with Gasteiger partial charge in [0.25, 0.3) is 0 Å². The predicted octanol–water partition coefficient (Wildman–Crippen LogP) is 7.52. The number of anilines is 2. The van der Waals surface area contributed by atoms with Crippen molar-refractivity contribution in [2.45, 2.75) is 29.7 Å². The van der Waals surface area contributed by atoms with Crippen LogP contribution in [0.3, 0.4) is 0 Å². The molecule has 0 spiro atoms. The summed E-state index contributed by atoms with van der Waals surface area (Å²) < 4.78 is 102. The number of alkyl halides is 6. The summed E-state index contributed by atoms with van der Waals surface area (Å²) in [5, 5.41) is 0. The maximum absolute atomic E-state index is 15.2. The second-order valence-corrected chi connectivity index (χ2v) is 11.0. The Kier molecular flexibility index (Phi) is 8.74. The molecule has 0 N–H and O–H groups in total. The number of para-hydroxylation sites is 1. The standard InChI is InChI=1S/C30H27F7N4O2S/c1-43-26(42)17-23-21-7-4-8-22(31)27(21)38-28(41(23)24-16-19(30(35,36)37)9-10-25(24)44-2)40-13-11-39(12-14-40)20-6-3-5-18(15-20)29(32,33)34/h3-10,15-16,23H,11-14,17H2,1-2H3. The molecule has 2 aliphatic heterocycles. The van der Waals surface area contributed by atoms with Gasteiger partial charge in [0, 0.05) is 42.3 Å². The number of benzene rings is 3. The monoisotopic (exact) mass is 640 g/mol. The van der Waals surface area contributed by atoms with Crippen LogP contribution in [0.1, 0.15) is 29.2 Å². The van der Waals surface area contributed by atoms with E-state index in [9.17, 15) is 31.1 Å². The Morgan fingerprint density at radius 3 is 2.18 bits per heavy atom. The van der Waals surface area contributed by atoms with Gasteiger partial charge in [0.2, 0.25) is 5.96 Å². The first kappa shape index (κ1) is 31.5. The number of nitrogens with zero attached hydrogens (tertiary/aromatic N) is 4. The van der Waals surface area contributed by atoms with E-state index in [1.54, 1.807) is 28.2 Å². The molecular formula is C30H27F7N4O2S. The molecule has 0 amide bonds. The molecule has 44 heavy (non-hydrogen) atoms. The molecule has 5 rings (SSSR count). The van der Waals surface area contributed by atoms with E-state index in [1.807, 2.05) is 0 Å². The fourth-order valence-corrected chi connectivity index (χ4v) is 5.96. The first-order valence-electron chi connectivity index (χ1n) is 13.5. The lowest BCUT2D eigenvalue weighted by atomic mass is 9.96. The van der Waals surface area contributed by atoms with Crippen LogP contribution in [-0.2, 0) is 21.9 Å². The van der Waals surface area contributed by atoms with Crippen molar-refractivity contribution in [2.24, 2.45) is 4.99 Å². The van der Waals surface area contributed by atoms with Crippen LogP contribution >= 0.6 is 11.8 Å². The lowest BCUT2D eigenvalue weighted by Crippen LogP contribution is -2.55. The third-order valence-corrected chi connectivity index (χ3v) is 8.36. The van der Waals surface area contributed by atoms with Crippen LogP contribution in [0, 0.1) is 5.82 Å². The van der Waals surface area contributed by atoms with Gasteiger partial charge in [-0.25, -0.2) is 9.38 Å². The summed E-state index contributed by atoms with van der Waals surface area (Å²) in [5.41, 5.74) is -0.968. The van der Waals surface area contributed by atoms with Crippen molar-refractivity contribution in [1.82, 2.24) is 4.90 Å². The number of piperazine rings is 1. The molecule has 234 valence electrons. The SMILES string of the molecule is COC(=O)CC1c2cccc(F)c2N=C(N2CCN(c3cccc(C(F)(F)F)c3)CC2)N1c1cc(C(F)(F)F)ccc1SC. The summed E-state index contributed by atoms with van der Waals surface area (Å²) >= 11 is 1.20. The van der Waals surface area contributed by atoms with Crippen molar-refractivity contribution in [3.8, 4) is 0 Å². The van der Waals surface area contributed by atoms with Crippen molar-refractivity contribution >= 4 is 40.8 Å². The van der Waals surface area contributed by atoms with Crippen molar-refractivity contribution in [3.05, 3.63) is 83.2 Å². The van der Waals surface area contributed by atoms with Gasteiger partial charge in [-0.05, 0) is 48.7 Å². The fraction of sp³-hybridized carbons (Fsp3) is 0.333. The number of hydrogen-bond donors (Lipinski definition) is 0. The summed E-state index contributed by atoms with van der Waals surface area (Å²) in [5.74, 6) is -1.22. The zero-order chi connectivity index (χ0) is 31.8. The van der Waals surface area contributed by atoms with Gasteiger partial charge in [0.1, 0.15) is 11.5 Å². The Morgan fingerprint density at radius 2 is 1.55 bits per heavy atom. The molecule has 0 saturated carbocycles. The third kappa shape index (κ3) is 6.30. The minimum Gasteiger partial charge on any atom is -0.469 e. The molecule has 1 unspecified atom stereocenters. The molecule has 3 aromatic rings. The average Bonchev–Trinajstić information content (AvgIpc) is 3.00. The molecule has 0 aromatic heterocycles. The van der Waals surface area contributed by atoms with E-state index < -0.39 is 41.3 Å². The van der Waals surface area contributed by atoms with E-state index in [0.717, 1.165) is 24.3 Å². The molecule has 1 saturated heterocycles. The third-order valence-electron chi connectivity index (χ3n) is 7.57. The largest absolute Gasteiger partial charge is 0.469 e. The van der Waals surface area contributed by atoms with Crippen LogP contribution in [0.2, 0.25) is 0 Å². The Bertz CT molecular complexity index is 1570. The summed E-state index contributed by atoms with van der Waals surface area (Å²) in [6.07, 6.45) is -7.80. The Morgan fingerprint density at radius 1 is 0.909 bits per heavy atom. The average molecular weight is 641 g/mol. The van der Waals surface area contributed by atoms with E-state index in [0.29, 0.717) is 16.1 Å². The van der Waals surface area contributed by atoms with Crippen LogP contribution in [0.15, 0.2) is 70.6 Å². The van der Waals surface area contributed by atoms with E-state index >= 15 is 4.39 Å². The smallest absolute Gasteiger partial charge is 0.416 e. The highest BCUT2D eigenvalue weighted by Crippen LogP contribution is 2.46. The summed E-state index contributed by atoms with van der Waals surface area (Å²) in [7, 11) is 1.18. The van der Waals surface area contributed by atoms with Crippen molar-refractivity contribution in [3.63, 3.8) is 0 Å². The van der Waals surface area contributed by atoms with Gasteiger partial charge in [-0.2, -0.15) is 26.3 Å². The lowest BCUT2D eigenvalue weighted by Gasteiger charge is -2.45. The van der Waals surface area contributed by atoms with Crippen LogP contribution in [-0.4, -0.2) is 56.4 Å². The molecule has 14 heteroatoms. The molecular weight excluding hydrogens is 613 g/mol. The lowest BCUT2D eigenvalue weighted by molar-refractivity contribution is -0.141. The molecule has 0 radical (unpaired) electrons. The normalized spacial score (nSPS) is 17.3. The summed E-state index contributed by atoms with van der Waals surface area (Å²) in [4.78, 5) is 22.7. The number of halogens is 7. The topological polar surface area (TPSA) is 48.4 Å². The van der Waals surface area contributed by atoms with Crippen molar-refractivity contribution < 1.29 is 40.3 Å². The second-order valence-electron chi connectivity index (χ2n) is 10.2. The number of methoxy groups -OCH3 is 1. The van der Waals surface area contributed by atoms with E-state index in [2.05, 4.69) is 4.99 Å². The van der Waals surface area contributed by atoms with Gasteiger partial charge in [0.05, 0.1) is 36.4 Å². The number of hydrogen-bond acceptors (Lipinski definition) is 7. The van der Waals surface area contributed by atoms with Crippen molar-refractivity contribution in [2.75, 3.05) is 49.3 Å². The maximum atomic E-state index is 15.2. The summed E-state index contributed by atoms with van der Waals surface area (Å²) in [6.45, 7) is 0.900. The number of ether oxygens (including phenoxy) is 1. The molecule has 1 atom stereocenters. The quantitative estimate of drug-likeness (QED) is 0.163. The number of esters is 1. The van der Waals surface area contributed by atoms with Gasteiger partial charge in [-0.3, -0.25) is 4.79 Å². The number of thioether (sulfide) groups is 1. The molecule has 2 aliphatic rings. The van der Waals surface area contributed by atoms with Crippen LogP contribution in [0.5, 0.6) is 0 Å². The molecule has 2 heterocycles. The fourth-order valence-electron chi connectivity index (χ4n) is 5.39. The zero-order valence-electron chi connectivity index (χ0n) is 23.5. The van der Waals surface area contributed by atoms with Gasteiger partial charge in [0.15, 0.2) is 0 Å². The van der Waals surface area contributed by atoms with Gasteiger partial charge in [-0.1, -0.05) is 18.2 Å². The van der Waals surface area contributed by atoms with Crippen LogP contribution < -0.4 is 9.80 Å². The zero-order valence-corrected chi connectivity index (χ0v) is 24.4. The minimum absolute atomic E-state index is 0.0503. The van der Waals surface area contributed by atoms with E-state index in [-0.39, 0.29) is 49.9 Å². The summed E-state index contributed by atoms with van der Waals surface area (Å²) in [6, 6.07) is 11.5. The molecule has 0 aliphatic carbocycles. The number of fused-ring (bicyclic) bond motifs is 1. The number of carbonyl (C=O) groups is 1. The molecule has 1 fully saturated rings. The Balaban J connectivity index is 1.59. The Labute approximate surface area is 253 Å². The first-order chi connectivity index (χ1) is 20.8. The maximum Gasteiger partial charge on any atom is 0.416 e. The number of carbonyl (C=O) groups excluding carboxylic acids is 1. The predicted molar refractivity (Wildman–Crippen MR) is 154 cm³/mol. The van der Waals surface area contributed by atoms with Crippen LogP contribution in [0.4, 0.5) is 47.8 Å². The number of aliphatic imine (C=N–C) groups is 1. The first-order valence-corrected chi connectivity index (χ1v) is 14.7. The van der Waals surface area contributed by atoms with Gasteiger partial charge < -0.3 is 19.4 Å². The molecule has 0 bridgehead atoms. The second kappa shape index (κ2) is 12.2. The van der Waals surface area contributed by atoms with Gasteiger partial charge >= 0.3 is 18.3 Å². The minimum atomic E-state index is -4.67. The highest BCUT2D eigenvalue weighted by molar-refractivity contribution is 7.98. The van der Waals surface area contributed by atoms with Gasteiger partial charge in [-0.15, -0.1) is 11.8 Å². The van der Waals surface area contributed by atoms with E-state index in [1.165, 1.54) is 48.0 Å².